The van der Waals surface area contributed by atoms with E-state index >= 15 is 0 Å². The largest absolute Gasteiger partial charge is 0.397 e. The number of carbonyl (C=O) groups excluding carboxylic acids is 2. The number of anilines is 3. The highest BCUT2D eigenvalue weighted by atomic mass is 32.1. The molecular formula is C24H22N4O2S. The van der Waals surface area contributed by atoms with E-state index < -0.39 is 0 Å². The van der Waals surface area contributed by atoms with Crippen LogP contribution in [0.3, 0.4) is 0 Å². The van der Waals surface area contributed by atoms with Crippen molar-refractivity contribution >= 4 is 50.3 Å². The second-order valence-electron chi connectivity index (χ2n) is 7.04. The van der Waals surface area contributed by atoms with E-state index in [9.17, 15) is 9.59 Å². The van der Waals surface area contributed by atoms with Crippen LogP contribution in [0.15, 0.2) is 78.9 Å². The molecule has 156 valence electrons. The van der Waals surface area contributed by atoms with Gasteiger partial charge in [-0.3, -0.25) is 9.59 Å². The Morgan fingerprint density at radius 3 is 2.45 bits per heavy atom. The third kappa shape index (κ3) is 5.28. The minimum Gasteiger partial charge on any atom is -0.397 e. The third-order valence-corrected chi connectivity index (χ3v) is 5.81. The Morgan fingerprint density at radius 1 is 0.871 bits per heavy atom. The zero-order valence-corrected chi connectivity index (χ0v) is 17.5. The van der Waals surface area contributed by atoms with Crippen molar-refractivity contribution < 1.29 is 9.59 Å². The predicted octanol–water partition coefficient (Wildman–Crippen LogP) is 4.46. The monoisotopic (exact) mass is 430 g/mol. The van der Waals surface area contributed by atoms with Crippen LogP contribution in [0, 0.1) is 0 Å². The average molecular weight is 431 g/mol. The number of nitrogens with one attached hydrogen (secondary N) is 3. The molecule has 0 saturated carbocycles. The van der Waals surface area contributed by atoms with Crippen molar-refractivity contribution in [2.24, 2.45) is 0 Å². The highest BCUT2D eigenvalue weighted by Gasteiger charge is 2.12. The molecular weight excluding hydrogens is 408 g/mol. The highest BCUT2D eigenvalue weighted by Crippen LogP contribution is 2.29. The van der Waals surface area contributed by atoms with E-state index in [0.29, 0.717) is 28.5 Å². The normalized spacial score (nSPS) is 10.7. The van der Waals surface area contributed by atoms with Gasteiger partial charge in [0, 0.05) is 16.9 Å². The zero-order valence-electron chi connectivity index (χ0n) is 16.7. The molecule has 0 atom stereocenters. The van der Waals surface area contributed by atoms with Gasteiger partial charge in [0.05, 0.1) is 22.8 Å². The summed E-state index contributed by atoms with van der Waals surface area (Å²) < 4.78 is 0.964. The maximum absolute atomic E-state index is 12.6. The van der Waals surface area contributed by atoms with Crippen LogP contribution >= 0.6 is 11.3 Å². The Bertz CT molecular complexity index is 1220. The van der Waals surface area contributed by atoms with Gasteiger partial charge in [-0.05, 0) is 47.3 Å². The van der Waals surface area contributed by atoms with Crippen LogP contribution in [0.1, 0.15) is 15.2 Å². The molecule has 1 aromatic heterocycles. The lowest BCUT2D eigenvalue weighted by Crippen LogP contribution is -2.27. The molecule has 6 nitrogen and oxygen atoms in total. The standard InChI is InChI=1S/C24H22N4O2S/c25-19-8-4-5-9-20(19)28-24(30)22-13-17-12-18(10-11-21(17)31-22)27-23(29)15-26-14-16-6-2-1-3-7-16/h1-13,26H,14-15,25H2,(H,27,29)(H,28,30). The van der Waals surface area contributed by atoms with Crippen molar-refractivity contribution in [2.45, 2.75) is 6.54 Å². The van der Waals surface area contributed by atoms with Crippen LogP contribution in [0.4, 0.5) is 17.1 Å². The molecule has 5 N–H and O–H groups in total. The van der Waals surface area contributed by atoms with E-state index in [2.05, 4.69) is 16.0 Å². The summed E-state index contributed by atoms with van der Waals surface area (Å²) in [6.07, 6.45) is 0. The molecule has 0 fully saturated rings. The lowest BCUT2D eigenvalue weighted by atomic mass is 10.2. The van der Waals surface area contributed by atoms with E-state index in [-0.39, 0.29) is 18.4 Å². The van der Waals surface area contributed by atoms with Crippen molar-refractivity contribution in [3.8, 4) is 0 Å². The minimum absolute atomic E-state index is 0.122. The molecule has 3 aromatic carbocycles. The van der Waals surface area contributed by atoms with Gasteiger partial charge in [-0.2, -0.15) is 0 Å². The molecule has 1 heterocycles. The quantitative estimate of drug-likeness (QED) is 0.325. The number of amides is 2. The fraction of sp³-hybridized carbons (Fsp3) is 0.0833. The molecule has 0 spiro atoms. The minimum atomic E-state index is -0.213. The molecule has 0 aliphatic carbocycles. The average Bonchev–Trinajstić information content (AvgIpc) is 3.20. The zero-order chi connectivity index (χ0) is 21.6. The third-order valence-electron chi connectivity index (χ3n) is 4.69. The van der Waals surface area contributed by atoms with Crippen LogP contribution in [0.5, 0.6) is 0 Å². The van der Waals surface area contributed by atoms with Gasteiger partial charge in [0.2, 0.25) is 5.91 Å². The lowest BCUT2D eigenvalue weighted by Gasteiger charge is -2.07. The summed E-state index contributed by atoms with van der Waals surface area (Å²) in [6, 6.07) is 24.5. The SMILES string of the molecule is Nc1ccccc1NC(=O)c1cc2cc(NC(=O)CNCc3ccccc3)ccc2s1. The van der Waals surface area contributed by atoms with E-state index in [4.69, 9.17) is 5.73 Å². The topological polar surface area (TPSA) is 96.2 Å². The maximum atomic E-state index is 12.6. The number of para-hydroxylation sites is 2. The molecule has 7 heteroatoms. The first-order valence-corrected chi connectivity index (χ1v) is 10.6. The second-order valence-corrected chi connectivity index (χ2v) is 8.13. The van der Waals surface area contributed by atoms with Gasteiger partial charge in [0.15, 0.2) is 0 Å². The summed E-state index contributed by atoms with van der Waals surface area (Å²) >= 11 is 1.39. The molecule has 2 amide bonds. The number of nitrogen functional groups attached to an aromatic ring is 1. The number of fused-ring (bicyclic) bond motifs is 1. The van der Waals surface area contributed by atoms with Gasteiger partial charge in [-0.1, -0.05) is 42.5 Å². The molecule has 0 radical (unpaired) electrons. The summed E-state index contributed by atoms with van der Waals surface area (Å²) in [5.41, 5.74) is 8.81. The lowest BCUT2D eigenvalue weighted by molar-refractivity contribution is -0.115. The second kappa shape index (κ2) is 9.42. The molecule has 0 aliphatic heterocycles. The Kier molecular flexibility index (Phi) is 6.26. The van der Waals surface area contributed by atoms with Gasteiger partial charge >= 0.3 is 0 Å². The number of hydrogen-bond donors (Lipinski definition) is 4. The van der Waals surface area contributed by atoms with E-state index in [0.717, 1.165) is 15.6 Å². The molecule has 31 heavy (non-hydrogen) atoms. The van der Waals surface area contributed by atoms with Crippen molar-refractivity contribution in [1.82, 2.24) is 5.32 Å². The van der Waals surface area contributed by atoms with E-state index in [1.54, 1.807) is 12.1 Å². The van der Waals surface area contributed by atoms with Crippen molar-refractivity contribution in [2.75, 3.05) is 22.9 Å². The fourth-order valence-corrected chi connectivity index (χ4v) is 4.09. The molecule has 0 unspecified atom stereocenters. The van der Waals surface area contributed by atoms with Crippen molar-refractivity contribution in [3.63, 3.8) is 0 Å². The van der Waals surface area contributed by atoms with Gasteiger partial charge in [-0.25, -0.2) is 0 Å². The summed E-state index contributed by atoms with van der Waals surface area (Å²) in [6.45, 7) is 0.838. The maximum Gasteiger partial charge on any atom is 0.265 e. The van der Waals surface area contributed by atoms with E-state index in [1.165, 1.54) is 11.3 Å². The van der Waals surface area contributed by atoms with E-state index in [1.807, 2.05) is 66.7 Å². The molecule has 4 rings (SSSR count). The van der Waals surface area contributed by atoms with Crippen LogP contribution in [0.2, 0.25) is 0 Å². The fourth-order valence-electron chi connectivity index (χ4n) is 3.15. The van der Waals surface area contributed by atoms with Crippen LogP contribution < -0.4 is 21.7 Å². The molecule has 0 bridgehead atoms. The summed E-state index contributed by atoms with van der Waals surface area (Å²) in [7, 11) is 0. The Labute approximate surface area is 184 Å². The predicted molar refractivity (Wildman–Crippen MR) is 127 cm³/mol. The van der Waals surface area contributed by atoms with Crippen LogP contribution in [-0.2, 0) is 11.3 Å². The van der Waals surface area contributed by atoms with Gasteiger partial charge in [0.1, 0.15) is 0 Å². The Balaban J connectivity index is 1.37. The van der Waals surface area contributed by atoms with Gasteiger partial charge in [0.25, 0.3) is 5.91 Å². The molecule has 4 aromatic rings. The number of carbonyl (C=O) groups is 2. The number of thiophene rings is 1. The number of nitrogens with two attached hydrogens (primary N) is 1. The summed E-state index contributed by atoms with van der Waals surface area (Å²) in [5.74, 6) is -0.335. The molecule has 0 saturated heterocycles. The highest BCUT2D eigenvalue weighted by molar-refractivity contribution is 7.20. The smallest absolute Gasteiger partial charge is 0.265 e. The first-order valence-electron chi connectivity index (χ1n) is 9.82. The van der Waals surface area contributed by atoms with Crippen molar-refractivity contribution in [3.05, 3.63) is 89.3 Å². The first-order chi connectivity index (χ1) is 15.1. The van der Waals surface area contributed by atoms with Gasteiger partial charge in [-0.15, -0.1) is 11.3 Å². The van der Waals surface area contributed by atoms with Gasteiger partial charge < -0.3 is 21.7 Å². The van der Waals surface area contributed by atoms with Crippen LogP contribution in [-0.4, -0.2) is 18.4 Å². The number of benzene rings is 3. The summed E-state index contributed by atoms with van der Waals surface area (Å²) in [5, 5.41) is 9.76. The Morgan fingerprint density at radius 2 is 1.65 bits per heavy atom. The Hall–Kier alpha value is -3.68. The van der Waals surface area contributed by atoms with Crippen molar-refractivity contribution in [1.29, 1.82) is 0 Å². The summed E-state index contributed by atoms with van der Waals surface area (Å²) in [4.78, 5) is 25.4. The molecule has 0 aliphatic rings. The number of hydrogen-bond acceptors (Lipinski definition) is 5. The first kappa shape index (κ1) is 20.6. The van der Waals surface area contributed by atoms with Crippen LogP contribution in [0.25, 0.3) is 10.1 Å². The number of rotatable bonds is 7.